The van der Waals surface area contributed by atoms with E-state index in [2.05, 4.69) is 31.6 Å². The Labute approximate surface area is 167 Å². The number of hydrogen-bond acceptors (Lipinski definition) is 2. The summed E-state index contributed by atoms with van der Waals surface area (Å²) in [4.78, 5) is 4.17. The number of hydrogen-bond donors (Lipinski definition) is 2. The molecule has 0 atom stereocenters. The van der Waals surface area contributed by atoms with Crippen molar-refractivity contribution < 1.29 is 9.13 Å². The minimum atomic E-state index is -0.270. The van der Waals surface area contributed by atoms with Crippen LogP contribution in [0.3, 0.4) is 0 Å². The molecule has 130 valence electrons. The zero-order chi connectivity index (χ0) is 16.7. The third-order valence-corrected chi connectivity index (χ3v) is 3.70. The summed E-state index contributed by atoms with van der Waals surface area (Å²) in [5.74, 6) is 1.19. The summed E-state index contributed by atoms with van der Waals surface area (Å²) in [7, 11) is 3.34. The maximum Gasteiger partial charge on any atom is 0.191 e. The molecule has 0 aliphatic heterocycles. The number of aliphatic imine (C=N–C) groups is 1. The monoisotopic (exact) mass is 507 g/mol. The molecular weight excluding hydrogens is 488 g/mol. The maximum atomic E-state index is 13.4. The van der Waals surface area contributed by atoms with Gasteiger partial charge in [-0.05, 0) is 29.8 Å². The highest BCUT2D eigenvalue weighted by molar-refractivity contribution is 14.0. The quantitative estimate of drug-likeness (QED) is 0.364. The summed E-state index contributed by atoms with van der Waals surface area (Å²) < 4.78 is 19.4. The molecule has 2 aromatic rings. The van der Waals surface area contributed by atoms with Crippen molar-refractivity contribution in [3.63, 3.8) is 0 Å². The Morgan fingerprint density at radius 3 is 2.54 bits per heavy atom. The number of nitrogens with zero attached hydrogens (tertiary/aromatic N) is 1. The molecular formula is C17H20BrFIN3O. The van der Waals surface area contributed by atoms with Crippen LogP contribution < -0.4 is 15.4 Å². The number of nitrogens with one attached hydrogen (secondary N) is 2. The molecule has 7 heteroatoms. The topological polar surface area (TPSA) is 45.7 Å². The van der Waals surface area contributed by atoms with Crippen LogP contribution >= 0.6 is 39.9 Å². The minimum Gasteiger partial charge on any atom is -0.496 e. The number of guanidine groups is 1. The van der Waals surface area contributed by atoms with Gasteiger partial charge in [0.1, 0.15) is 11.6 Å². The Hall–Kier alpha value is -1.35. The normalized spacial score (nSPS) is 10.8. The van der Waals surface area contributed by atoms with E-state index >= 15 is 0 Å². The zero-order valence-electron chi connectivity index (χ0n) is 13.5. The molecule has 0 spiro atoms. The molecule has 2 aromatic carbocycles. The lowest BCUT2D eigenvalue weighted by Crippen LogP contribution is -2.36. The second kappa shape index (κ2) is 10.5. The minimum absolute atomic E-state index is 0. The molecule has 0 unspecified atom stereocenters. The summed E-state index contributed by atoms with van der Waals surface area (Å²) in [5, 5.41) is 6.37. The summed E-state index contributed by atoms with van der Waals surface area (Å²) >= 11 is 3.29. The molecule has 0 amide bonds. The van der Waals surface area contributed by atoms with Crippen molar-refractivity contribution in [3.05, 3.63) is 63.9 Å². The van der Waals surface area contributed by atoms with E-state index in [0.717, 1.165) is 16.9 Å². The van der Waals surface area contributed by atoms with Crippen LogP contribution in [0.25, 0.3) is 0 Å². The number of ether oxygens (including phenoxy) is 1. The second-order valence-electron chi connectivity index (χ2n) is 4.87. The third kappa shape index (κ3) is 6.27. The highest BCUT2D eigenvalue weighted by atomic mass is 127. The van der Waals surface area contributed by atoms with E-state index in [4.69, 9.17) is 4.74 Å². The van der Waals surface area contributed by atoms with E-state index in [1.165, 1.54) is 12.1 Å². The van der Waals surface area contributed by atoms with Gasteiger partial charge in [-0.3, -0.25) is 4.99 Å². The Morgan fingerprint density at radius 2 is 1.88 bits per heavy atom. The van der Waals surface area contributed by atoms with Gasteiger partial charge < -0.3 is 15.4 Å². The average molecular weight is 508 g/mol. The van der Waals surface area contributed by atoms with Crippen LogP contribution in [-0.2, 0) is 13.1 Å². The Balaban J connectivity index is 0.00000288. The molecule has 0 heterocycles. The van der Waals surface area contributed by atoms with Crippen molar-refractivity contribution in [1.82, 2.24) is 10.6 Å². The lowest BCUT2D eigenvalue weighted by Gasteiger charge is -2.14. The van der Waals surface area contributed by atoms with Crippen molar-refractivity contribution in [2.45, 2.75) is 13.1 Å². The van der Waals surface area contributed by atoms with Crippen LogP contribution in [0.2, 0.25) is 0 Å². The molecule has 0 aromatic heterocycles. The highest BCUT2D eigenvalue weighted by Gasteiger charge is 2.04. The SMILES string of the molecule is CN=C(NCc1cc(F)cc(Br)c1)NCc1ccccc1OC.I. The molecule has 0 radical (unpaired) electrons. The second-order valence-corrected chi connectivity index (χ2v) is 5.78. The lowest BCUT2D eigenvalue weighted by atomic mass is 10.2. The van der Waals surface area contributed by atoms with E-state index in [1.54, 1.807) is 14.2 Å². The number of rotatable bonds is 5. The first-order valence-electron chi connectivity index (χ1n) is 7.13. The van der Waals surface area contributed by atoms with Crippen molar-refractivity contribution >= 4 is 45.9 Å². The zero-order valence-corrected chi connectivity index (χ0v) is 17.4. The first-order valence-corrected chi connectivity index (χ1v) is 7.93. The van der Waals surface area contributed by atoms with Crippen LogP contribution in [0, 0.1) is 5.82 Å². The first kappa shape index (κ1) is 20.7. The van der Waals surface area contributed by atoms with Crippen molar-refractivity contribution in [2.24, 2.45) is 4.99 Å². The van der Waals surface area contributed by atoms with Crippen LogP contribution in [-0.4, -0.2) is 20.1 Å². The standard InChI is InChI=1S/C17H19BrFN3O.HI/c1-20-17(21-10-12-7-14(18)9-15(19)8-12)22-11-13-5-3-4-6-16(13)23-2;/h3-9H,10-11H2,1-2H3,(H2,20,21,22);1H. The van der Waals surface area contributed by atoms with E-state index in [9.17, 15) is 4.39 Å². The fourth-order valence-electron chi connectivity index (χ4n) is 2.15. The molecule has 0 aliphatic rings. The molecule has 2 rings (SSSR count). The van der Waals surface area contributed by atoms with Gasteiger partial charge in [-0.1, -0.05) is 34.1 Å². The van der Waals surface area contributed by atoms with E-state index < -0.39 is 0 Å². The van der Waals surface area contributed by atoms with Crippen molar-refractivity contribution in [3.8, 4) is 5.75 Å². The Kier molecular flexibility index (Phi) is 9.05. The summed E-state index contributed by atoms with van der Waals surface area (Å²) in [6, 6.07) is 12.6. The molecule has 0 saturated carbocycles. The average Bonchev–Trinajstić information content (AvgIpc) is 2.54. The van der Waals surface area contributed by atoms with Gasteiger partial charge in [0.15, 0.2) is 5.96 Å². The van der Waals surface area contributed by atoms with Crippen molar-refractivity contribution in [1.29, 1.82) is 0 Å². The predicted octanol–water partition coefficient (Wildman–Crippen LogP) is 4.08. The van der Waals surface area contributed by atoms with Gasteiger partial charge >= 0.3 is 0 Å². The van der Waals surface area contributed by atoms with E-state index in [-0.39, 0.29) is 29.8 Å². The van der Waals surface area contributed by atoms with Gasteiger partial charge in [-0.2, -0.15) is 0 Å². The molecule has 2 N–H and O–H groups in total. The van der Waals surface area contributed by atoms with Gasteiger partial charge in [-0.25, -0.2) is 4.39 Å². The maximum absolute atomic E-state index is 13.4. The molecule has 4 nitrogen and oxygen atoms in total. The molecule has 24 heavy (non-hydrogen) atoms. The number of halogens is 3. The molecule has 0 saturated heterocycles. The molecule has 0 fully saturated rings. The summed E-state index contributed by atoms with van der Waals surface area (Å²) in [5.41, 5.74) is 1.86. The summed E-state index contributed by atoms with van der Waals surface area (Å²) in [6.07, 6.45) is 0. The number of methoxy groups -OCH3 is 1. The van der Waals surface area contributed by atoms with Crippen LogP contribution in [0.4, 0.5) is 4.39 Å². The smallest absolute Gasteiger partial charge is 0.191 e. The van der Waals surface area contributed by atoms with Gasteiger partial charge in [0.25, 0.3) is 0 Å². The fraction of sp³-hybridized carbons (Fsp3) is 0.235. The summed E-state index contributed by atoms with van der Waals surface area (Å²) in [6.45, 7) is 1.05. The number of benzene rings is 2. The highest BCUT2D eigenvalue weighted by Crippen LogP contribution is 2.17. The molecule has 0 aliphatic carbocycles. The Bertz CT molecular complexity index is 677. The Morgan fingerprint density at radius 1 is 1.17 bits per heavy atom. The van der Waals surface area contributed by atoms with Gasteiger partial charge in [0.05, 0.1) is 7.11 Å². The lowest BCUT2D eigenvalue weighted by molar-refractivity contribution is 0.409. The van der Waals surface area contributed by atoms with Crippen molar-refractivity contribution in [2.75, 3.05) is 14.2 Å². The van der Waals surface area contributed by atoms with E-state index in [0.29, 0.717) is 23.5 Å². The van der Waals surface area contributed by atoms with Crippen LogP contribution in [0.1, 0.15) is 11.1 Å². The van der Waals surface area contributed by atoms with Gasteiger partial charge in [-0.15, -0.1) is 24.0 Å². The van der Waals surface area contributed by atoms with Crippen LogP contribution in [0.15, 0.2) is 51.9 Å². The number of para-hydroxylation sites is 1. The van der Waals surface area contributed by atoms with Gasteiger partial charge in [0, 0.05) is 30.2 Å². The largest absolute Gasteiger partial charge is 0.496 e. The third-order valence-electron chi connectivity index (χ3n) is 3.24. The predicted molar refractivity (Wildman–Crippen MR) is 110 cm³/mol. The molecule has 0 bridgehead atoms. The van der Waals surface area contributed by atoms with Gasteiger partial charge in [0.2, 0.25) is 0 Å². The van der Waals surface area contributed by atoms with E-state index in [1.807, 2.05) is 30.3 Å². The van der Waals surface area contributed by atoms with Crippen LogP contribution in [0.5, 0.6) is 5.75 Å². The fourth-order valence-corrected chi connectivity index (χ4v) is 2.66. The first-order chi connectivity index (χ1) is 11.1.